The largest absolute Gasteiger partial charge is 0.376 e. The van der Waals surface area contributed by atoms with E-state index in [1.165, 1.54) is 12.8 Å². The molecule has 1 heterocycles. The molecule has 2 rings (SSSR count). The lowest BCUT2D eigenvalue weighted by Crippen LogP contribution is -2.45. The third-order valence-corrected chi connectivity index (χ3v) is 3.70. The second kappa shape index (κ2) is 5.83. The second-order valence-electron chi connectivity index (χ2n) is 5.29. The summed E-state index contributed by atoms with van der Waals surface area (Å²) in [5.74, 6) is 0.898. The van der Waals surface area contributed by atoms with E-state index in [2.05, 4.69) is 17.6 Å². The van der Waals surface area contributed by atoms with E-state index in [1.807, 2.05) is 6.92 Å². The fourth-order valence-corrected chi connectivity index (χ4v) is 2.43. The average Bonchev–Trinajstić information content (AvgIpc) is 3.07. The van der Waals surface area contributed by atoms with Crippen molar-refractivity contribution in [3.63, 3.8) is 0 Å². The monoisotopic (exact) mass is 240 g/mol. The summed E-state index contributed by atoms with van der Waals surface area (Å²) in [5.41, 5.74) is 0. The highest BCUT2D eigenvalue weighted by Crippen LogP contribution is 2.38. The van der Waals surface area contributed by atoms with Gasteiger partial charge in [-0.3, -0.25) is 4.79 Å². The van der Waals surface area contributed by atoms with Crippen molar-refractivity contribution in [3.05, 3.63) is 0 Å². The van der Waals surface area contributed by atoms with Crippen molar-refractivity contribution in [1.82, 2.24) is 10.6 Å². The predicted octanol–water partition coefficient (Wildman–Crippen LogP) is 0.916. The Bertz CT molecular complexity index is 266. The minimum atomic E-state index is 0.0374. The van der Waals surface area contributed by atoms with Crippen molar-refractivity contribution in [1.29, 1.82) is 0 Å². The van der Waals surface area contributed by atoms with Gasteiger partial charge in [0.1, 0.15) is 0 Å². The standard InChI is InChI=1S/C13H24N2O2/c1-3-14-8-9(2)13(16)15-11-6-7-17-12(11)10-4-5-10/h9-12,14H,3-8H2,1-2H3,(H,15,16). The SMILES string of the molecule is CCNCC(C)C(=O)NC1CCOC1C1CC1. The molecule has 4 heteroatoms. The molecule has 98 valence electrons. The molecule has 0 radical (unpaired) electrons. The highest BCUT2D eigenvalue weighted by atomic mass is 16.5. The van der Waals surface area contributed by atoms with Crippen molar-refractivity contribution in [2.24, 2.45) is 11.8 Å². The average molecular weight is 240 g/mol. The Morgan fingerprint density at radius 1 is 1.41 bits per heavy atom. The first-order valence-corrected chi connectivity index (χ1v) is 6.85. The van der Waals surface area contributed by atoms with E-state index < -0.39 is 0 Å². The maximum absolute atomic E-state index is 12.0. The van der Waals surface area contributed by atoms with Gasteiger partial charge in [0.15, 0.2) is 0 Å². The van der Waals surface area contributed by atoms with E-state index >= 15 is 0 Å². The molecular weight excluding hydrogens is 216 g/mol. The Labute approximate surface area is 103 Å². The van der Waals surface area contributed by atoms with Crippen molar-refractivity contribution in [2.45, 2.75) is 45.3 Å². The first-order chi connectivity index (χ1) is 8.22. The lowest BCUT2D eigenvalue weighted by atomic mass is 10.0. The Balaban J connectivity index is 1.76. The van der Waals surface area contributed by atoms with E-state index in [4.69, 9.17) is 4.74 Å². The molecule has 0 spiro atoms. The van der Waals surface area contributed by atoms with Crippen molar-refractivity contribution < 1.29 is 9.53 Å². The lowest BCUT2D eigenvalue weighted by molar-refractivity contribution is -0.125. The van der Waals surface area contributed by atoms with Crippen LogP contribution in [0.5, 0.6) is 0 Å². The Kier molecular flexibility index (Phi) is 4.40. The zero-order chi connectivity index (χ0) is 12.3. The Hall–Kier alpha value is -0.610. The van der Waals surface area contributed by atoms with E-state index in [0.29, 0.717) is 5.92 Å². The van der Waals surface area contributed by atoms with Gasteiger partial charge in [-0.1, -0.05) is 13.8 Å². The molecule has 1 aliphatic carbocycles. The van der Waals surface area contributed by atoms with Gasteiger partial charge >= 0.3 is 0 Å². The second-order valence-corrected chi connectivity index (χ2v) is 5.29. The number of carbonyl (C=O) groups excluding carboxylic acids is 1. The number of nitrogens with one attached hydrogen (secondary N) is 2. The molecule has 1 saturated heterocycles. The number of carbonyl (C=O) groups is 1. The van der Waals surface area contributed by atoms with Gasteiger partial charge in [-0.2, -0.15) is 0 Å². The predicted molar refractivity (Wildman–Crippen MR) is 66.7 cm³/mol. The molecule has 1 saturated carbocycles. The van der Waals surface area contributed by atoms with Crippen LogP contribution in [0.2, 0.25) is 0 Å². The Morgan fingerprint density at radius 3 is 2.82 bits per heavy atom. The highest BCUT2D eigenvalue weighted by molar-refractivity contribution is 5.78. The first-order valence-electron chi connectivity index (χ1n) is 6.85. The van der Waals surface area contributed by atoms with Gasteiger partial charge in [0, 0.05) is 19.1 Å². The normalized spacial score (nSPS) is 30.2. The fourth-order valence-electron chi connectivity index (χ4n) is 2.43. The van der Waals surface area contributed by atoms with Crippen LogP contribution in [0.4, 0.5) is 0 Å². The van der Waals surface area contributed by atoms with Crippen LogP contribution in [-0.4, -0.2) is 37.7 Å². The Morgan fingerprint density at radius 2 is 2.18 bits per heavy atom. The molecular formula is C13H24N2O2. The molecule has 3 unspecified atom stereocenters. The molecule has 1 amide bonds. The summed E-state index contributed by atoms with van der Waals surface area (Å²) < 4.78 is 5.72. The number of amides is 1. The summed E-state index contributed by atoms with van der Waals surface area (Å²) in [5, 5.41) is 6.36. The number of hydrogen-bond donors (Lipinski definition) is 2. The molecule has 1 aliphatic heterocycles. The van der Waals surface area contributed by atoms with Crippen LogP contribution < -0.4 is 10.6 Å². The summed E-state index contributed by atoms with van der Waals surface area (Å²) in [4.78, 5) is 12.0. The van der Waals surface area contributed by atoms with Gasteiger partial charge < -0.3 is 15.4 Å². The molecule has 0 aromatic rings. The minimum Gasteiger partial charge on any atom is -0.376 e. The van der Waals surface area contributed by atoms with Gasteiger partial charge in [0.25, 0.3) is 0 Å². The summed E-state index contributed by atoms with van der Waals surface area (Å²) >= 11 is 0. The molecule has 0 aromatic carbocycles. The van der Waals surface area contributed by atoms with Gasteiger partial charge in [-0.15, -0.1) is 0 Å². The number of rotatable bonds is 6. The van der Waals surface area contributed by atoms with Crippen molar-refractivity contribution in [2.75, 3.05) is 19.7 Å². The van der Waals surface area contributed by atoms with E-state index in [9.17, 15) is 4.79 Å². The van der Waals surface area contributed by atoms with Crippen LogP contribution in [0.3, 0.4) is 0 Å². The summed E-state index contributed by atoms with van der Waals surface area (Å²) in [6, 6.07) is 0.249. The maximum atomic E-state index is 12.0. The molecule has 17 heavy (non-hydrogen) atoms. The molecule has 2 fully saturated rings. The van der Waals surface area contributed by atoms with Crippen molar-refractivity contribution in [3.8, 4) is 0 Å². The first kappa shape index (κ1) is 12.8. The van der Waals surface area contributed by atoms with Crippen LogP contribution in [-0.2, 0) is 9.53 Å². The third kappa shape index (κ3) is 3.42. The van der Waals surface area contributed by atoms with Gasteiger partial charge in [-0.25, -0.2) is 0 Å². The van der Waals surface area contributed by atoms with Gasteiger partial charge in [-0.05, 0) is 31.7 Å². The smallest absolute Gasteiger partial charge is 0.224 e. The number of hydrogen-bond acceptors (Lipinski definition) is 3. The zero-order valence-corrected chi connectivity index (χ0v) is 10.9. The molecule has 0 aromatic heterocycles. The van der Waals surface area contributed by atoms with E-state index in [0.717, 1.165) is 26.1 Å². The van der Waals surface area contributed by atoms with Crippen LogP contribution in [0.1, 0.15) is 33.1 Å². The molecule has 2 aliphatic rings. The van der Waals surface area contributed by atoms with Gasteiger partial charge in [0.05, 0.1) is 12.1 Å². The summed E-state index contributed by atoms with van der Waals surface area (Å²) in [6.07, 6.45) is 3.79. The van der Waals surface area contributed by atoms with Crippen LogP contribution in [0, 0.1) is 11.8 Å². The maximum Gasteiger partial charge on any atom is 0.224 e. The zero-order valence-electron chi connectivity index (χ0n) is 10.9. The summed E-state index contributed by atoms with van der Waals surface area (Å²) in [7, 11) is 0. The minimum absolute atomic E-state index is 0.0374. The summed E-state index contributed by atoms with van der Waals surface area (Å²) in [6.45, 7) is 6.49. The molecule has 2 N–H and O–H groups in total. The highest BCUT2D eigenvalue weighted by Gasteiger charge is 2.41. The lowest BCUT2D eigenvalue weighted by Gasteiger charge is -2.21. The molecule has 0 bridgehead atoms. The van der Waals surface area contributed by atoms with Crippen LogP contribution in [0.25, 0.3) is 0 Å². The topological polar surface area (TPSA) is 50.4 Å². The van der Waals surface area contributed by atoms with Crippen molar-refractivity contribution >= 4 is 5.91 Å². The third-order valence-electron chi connectivity index (χ3n) is 3.70. The quantitative estimate of drug-likeness (QED) is 0.726. The van der Waals surface area contributed by atoms with Gasteiger partial charge in [0.2, 0.25) is 5.91 Å². The van der Waals surface area contributed by atoms with Crippen LogP contribution in [0.15, 0.2) is 0 Å². The van der Waals surface area contributed by atoms with E-state index in [-0.39, 0.29) is 24.0 Å². The fraction of sp³-hybridized carbons (Fsp3) is 0.923. The van der Waals surface area contributed by atoms with Crippen LogP contribution >= 0.6 is 0 Å². The van der Waals surface area contributed by atoms with E-state index in [1.54, 1.807) is 0 Å². The number of ether oxygens (including phenoxy) is 1. The molecule has 3 atom stereocenters. The molecule has 4 nitrogen and oxygen atoms in total.